The summed E-state index contributed by atoms with van der Waals surface area (Å²) in [7, 11) is 1.33. The van der Waals surface area contributed by atoms with Crippen molar-refractivity contribution in [2.75, 3.05) is 7.11 Å². The zero-order valence-corrected chi connectivity index (χ0v) is 12.1. The average molecular weight is 294 g/mol. The Balaban J connectivity index is 2.27. The molecular weight excluding hydrogens is 280 g/mol. The molecule has 5 nitrogen and oxygen atoms in total. The van der Waals surface area contributed by atoms with Crippen LogP contribution in [0.3, 0.4) is 0 Å². The van der Waals surface area contributed by atoms with Gasteiger partial charge in [0.2, 0.25) is 0 Å². The summed E-state index contributed by atoms with van der Waals surface area (Å²) in [5.74, 6) is -0.441. The predicted molar refractivity (Wildman–Crippen MR) is 80.5 cm³/mol. The van der Waals surface area contributed by atoms with E-state index in [1.54, 1.807) is 34.9 Å². The van der Waals surface area contributed by atoms with Gasteiger partial charge in [0.1, 0.15) is 0 Å². The number of benzene rings is 1. The van der Waals surface area contributed by atoms with Gasteiger partial charge in [-0.3, -0.25) is 4.79 Å². The molecule has 0 N–H and O–H groups in total. The first-order chi connectivity index (χ1) is 10.7. The van der Waals surface area contributed by atoms with Crippen molar-refractivity contribution < 1.29 is 9.53 Å². The highest BCUT2D eigenvalue weighted by molar-refractivity contribution is 5.92. The predicted octanol–water partition coefficient (Wildman–Crippen LogP) is 2.12. The van der Waals surface area contributed by atoms with E-state index in [1.807, 2.05) is 0 Å². The molecule has 3 rings (SSSR count). The third-order valence-corrected chi connectivity index (χ3v) is 3.90. The summed E-state index contributed by atoms with van der Waals surface area (Å²) in [5, 5.41) is 9.01. The molecule has 1 aromatic carbocycles. The van der Waals surface area contributed by atoms with E-state index in [2.05, 4.69) is 6.07 Å². The van der Waals surface area contributed by atoms with Crippen LogP contribution in [0, 0.1) is 11.3 Å². The van der Waals surface area contributed by atoms with E-state index >= 15 is 0 Å². The van der Waals surface area contributed by atoms with Crippen molar-refractivity contribution in [2.24, 2.45) is 0 Å². The van der Waals surface area contributed by atoms with Crippen molar-refractivity contribution in [2.45, 2.75) is 19.4 Å². The third-order valence-electron chi connectivity index (χ3n) is 3.90. The van der Waals surface area contributed by atoms with Gasteiger partial charge in [-0.2, -0.15) is 5.26 Å². The molecule has 1 aliphatic rings. The summed E-state index contributed by atoms with van der Waals surface area (Å²) in [6.07, 6.45) is 1.53. The lowest BCUT2D eigenvalue weighted by Gasteiger charge is -2.12. The van der Waals surface area contributed by atoms with E-state index in [9.17, 15) is 9.59 Å². The van der Waals surface area contributed by atoms with Crippen molar-refractivity contribution in [3.05, 3.63) is 57.5 Å². The minimum Gasteiger partial charge on any atom is -0.465 e. The second-order valence-electron chi connectivity index (χ2n) is 5.16. The van der Waals surface area contributed by atoms with E-state index in [1.165, 1.54) is 7.11 Å². The summed E-state index contributed by atoms with van der Waals surface area (Å²) < 4.78 is 6.47. The topological polar surface area (TPSA) is 72.1 Å². The van der Waals surface area contributed by atoms with Gasteiger partial charge in [-0.1, -0.05) is 12.1 Å². The Kier molecular flexibility index (Phi) is 3.51. The van der Waals surface area contributed by atoms with Crippen molar-refractivity contribution in [1.29, 1.82) is 5.26 Å². The summed E-state index contributed by atoms with van der Waals surface area (Å²) in [6.45, 7) is 0.601. The van der Waals surface area contributed by atoms with Crippen LogP contribution in [-0.4, -0.2) is 17.6 Å². The summed E-state index contributed by atoms with van der Waals surface area (Å²) >= 11 is 0. The van der Waals surface area contributed by atoms with Crippen LogP contribution in [0.1, 0.15) is 28.0 Å². The number of ether oxygens (including phenoxy) is 1. The molecule has 0 unspecified atom stereocenters. The number of carbonyl (C=O) groups excluding carboxylic acids is 1. The largest absolute Gasteiger partial charge is 0.465 e. The van der Waals surface area contributed by atoms with Gasteiger partial charge >= 0.3 is 5.97 Å². The van der Waals surface area contributed by atoms with Gasteiger partial charge in [-0.25, -0.2) is 4.79 Å². The van der Waals surface area contributed by atoms with Gasteiger partial charge in [0.25, 0.3) is 5.56 Å². The highest BCUT2D eigenvalue weighted by Crippen LogP contribution is 2.24. The normalized spacial score (nSPS) is 12.5. The Labute approximate surface area is 127 Å². The fourth-order valence-electron chi connectivity index (χ4n) is 2.86. The first-order valence-corrected chi connectivity index (χ1v) is 7.01. The van der Waals surface area contributed by atoms with Crippen LogP contribution in [0.25, 0.3) is 11.1 Å². The number of hydrogen-bond donors (Lipinski definition) is 0. The SMILES string of the molecule is COC(=O)c1cc(-c2cccc(C#N)c2)c(=O)n2c1CCC2. The van der Waals surface area contributed by atoms with E-state index in [0.717, 1.165) is 12.1 Å². The van der Waals surface area contributed by atoms with Crippen LogP contribution in [0.2, 0.25) is 0 Å². The molecule has 1 aliphatic heterocycles. The molecule has 0 spiro atoms. The first kappa shape index (κ1) is 14.1. The lowest BCUT2D eigenvalue weighted by atomic mass is 10.0. The lowest BCUT2D eigenvalue weighted by Crippen LogP contribution is -2.24. The number of hydrogen-bond acceptors (Lipinski definition) is 4. The van der Waals surface area contributed by atoms with Crippen molar-refractivity contribution in [3.63, 3.8) is 0 Å². The number of rotatable bonds is 2. The molecule has 2 heterocycles. The molecule has 0 aliphatic carbocycles. The summed E-state index contributed by atoms with van der Waals surface area (Å²) in [5.41, 5.74) is 2.56. The van der Waals surface area contributed by atoms with E-state index in [0.29, 0.717) is 35.2 Å². The van der Waals surface area contributed by atoms with Gasteiger partial charge in [0.15, 0.2) is 0 Å². The Hall–Kier alpha value is -2.87. The quantitative estimate of drug-likeness (QED) is 0.795. The molecular formula is C17H14N2O3. The van der Waals surface area contributed by atoms with E-state index < -0.39 is 5.97 Å². The number of methoxy groups -OCH3 is 1. The molecule has 0 saturated carbocycles. The maximum atomic E-state index is 12.7. The monoisotopic (exact) mass is 294 g/mol. The van der Waals surface area contributed by atoms with E-state index in [-0.39, 0.29) is 5.56 Å². The Morgan fingerprint density at radius 3 is 2.91 bits per heavy atom. The van der Waals surface area contributed by atoms with Crippen LogP contribution in [0.15, 0.2) is 35.1 Å². The zero-order chi connectivity index (χ0) is 15.7. The molecule has 0 radical (unpaired) electrons. The van der Waals surface area contributed by atoms with Crippen LogP contribution in [0.5, 0.6) is 0 Å². The van der Waals surface area contributed by atoms with E-state index in [4.69, 9.17) is 10.00 Å². The number of nitriles is 1. The molecule has 5 heteroatoms. The maximum absolute atomic E-state index is 12.7. The number of fused-ring (bicyclic) bond motifs is 1. The molecule has 0 fully saturated rings. The first-order valence-electron chi connectivity index (χ1n) is 7.01. The molecule has 2 aromatic rings. The van der Waals surface area contributed by atoms with Crippen LogP contribution in [-0.2, 0) is 17.7 Å². The van der Waals surface area contributed by atoms with Gasteiger partial charge in [0, 0.05) is 17.8 Å². The standard InChI is InChI=1S/C17H14N2O3/c1-22-17(21)14-9-13(12-5-2-4-11(8-12)10-18)16(20)19-7-3-6-15(14)19/h2,4-5,8-9H,3,6-7H2,1H3. The smallest absolute Gasteiger partial charge is 0.339 e. The molecule has 1 aromatic heterocycles. The second-order valence-corrected chi connectivity index (χ2v) is 5.16. The van der Waals surface area contributed by atoms with Crippen molar-refractivity contribution >= 4 is 5.97 Å². The average Bonchev–Trinajstić information content (AvgIpc) is 3.05. The van der Waals surface area contributed by atoms with Crippen LogP contribution >= 0.6 is 0 Å². The molecule has 0 bridgehead atoms. The van der Waals surface area contributed by atoms with Crippen LogP contribution in [0.4, 0.5) is 0 Å². The lowest BCUT2D eigenvalue weighted by molar-refractivity contribution is 0.0598. The molecule has 0 saturated heterocycles. The Morgan fingerprint density at radius 1 is 1.36 bits per heavy atom. The van der Waals surface area contributed by atoms with Gasteiger partial charge < -0.3 is 9.30 Å². The number of aromatic nitrogens is 1. The summed E-state index contributed by atoms with van der Waals surface area (Å²) in [4.78, 5) is 24.7. The number of nitrogens with zero attached hydrogens (tertiary/aromatic N) is 2. The minimum absolute atomic E-state index is 0.129. The molecule has 22 heavy (non-hydrogen) atoms. The van der Waals surface area contributed by atoms with Gasteiger partial charge in [-0.05, 0) is 36.6 Å². The fourth-order valence-corrected chi connectivity index (χ4v) is 2.86. The van der Waals surface area contributed by atoms with Crippen LogP contribution < -0.4 is 5.56 Å². The number of carbonyl (C=O) groups is 1. The van der Waals surface area contributed by atoms with Crippen molar-refractivity contribution in [3.8, 4) is 17.2 Å². The number of pyridine rings is 1. The van der Waals surface area contributed by atoms with Gasteiger partial charge in [-0.15, -0.1) is 0 Å². The molecule has 0 amide bonds. The maximum Gasteiger partial charge on any atom is 0.339 e. The minimum atomic E-state index is -0.441. The summed E-state index contributed by atoms with van der Waals surface area (Å²) in [6, 6.07) is 10.5. The van der Waals surface area contributed by atoms with Crippen molar-refractivity contribution in [1.82, 2.24) is 4.57 Å². The van der Waals surface area contributed by atoms with Gasteiger partial charge in [0.05, 0.1) is 24.3 Å². The highest BCUT2D eigenvalue weighted by Gasteiger charge is 2.23. The Morgan fingerprint density at radius 2 is 2.18 bits per heavy atom. The fraction of sp³-hybridized carbons (Fsp3) is 0.235. The molecule has 110 valence electrons. The molecule has 0 atom stereocenters. The highest BCUT2D eigenvalue weighted by atomic mass is 16.5. The zero-order valence-electron chi connectivity index (χ0n) is 12.1. The third kappa shape index (κ3) is 2.19. The Bertz CT molecular complexity index is 859. The number of esters is 1. The second kappa shape index (κ2) is 5.49.